The first-order valence-corrected chi connectivity index (χ1v) is 7.15. The summed E-state index contributed by atoms with van der Waals surface area (Å²) in [6.07, 6.45) is 5.41. The Bertz CT molecular complexity index is 579. The predicted molar refractivity (Wildman–Crippen MR) is 77.2 cm³/mol. The van der Waals surface area contributed by atoms with E-state index in [9.17, 15) is 4.79 Å². The van der Waals surface area contributed by atoms with Gasteiger partial charge in [0, 0.05) is 35.8 Å². The number of rotatable bonds is 2. The van der Waals surface area contributed by atoms with Gasteiger partial charge in [-0.25, -0.2) is 0 Å². The quantitative estimate of drug-likeness (QED) is 0.878. The zero-order valence-corrected chi connectivity index (χ0v) is 11.4. The standard InChI is InChI=1S/C16H20N2O/c1-2-12-7-10-18(11-8-12)16(19)14-4-3-5-15-13(14)6-9-17-15/h3-6,9,12,17H,2,7-8,10-11H2,1H3. The van der Waals surface area contributed by atoms with Gasteiger partial charge in [-0.3, -0.25) is 4.79 Å². The summed E-state index contributed by atoms with van der Waals surface area (Å²) >= 11 is 0. The number of hydrogen-bond acceptors (Lipinski definition) is 1. The Morgan fingerprint density at radius 3 is 2.84 bits per heavy atom. The Kier molecular flexibility index (Phi) is 3.28. The van der Waals surface area contributed by atoms with Gasteiger partial charge >= 0.3 is 0 Å². The molecule has 19 heavy (non-hydrogen) atoms. The van der Waals surface area contributed by atoms with Crippen LogP contribution in [0.2, 0.25) is 0 Å². The molecule has 0 atom stereocenters. The van der Waals surface area contributed by atoms with E-state index in [-0.39, 0.29) is 5.91 Å². The Labute approximate surface area is 113 Å². The van der Waals surface area contributed by atoms with Gasteiger partial charge in [-0.05, 0) is 37.0 Å². The molecule has 2 heterocycles. The van der Waals surface area contributed by atoms with Crippen LogP contribution in [0, 0.1) is 5.92 Å². The van der Waals surface area contributed by atoms with Gasteiger partial charge in [0.2, 0.25) is 0 Å². The number of hydrogen-bond donors (Lipinski definition) is 1. The van der Waals surface area contributed by atoms with E-state index < -0.39 is 0 Å². The van der Waals surface area contributed by atoms with Crippen molar-refractivity contribution in [2.75, 3.05) is 13.1 Å². The number of amides is 1. The smallest absolute Gasteiger partial charge is 0.254 e. The lowest BCUT2D eigenvalue weighted by atomic mass is 9.94. The molecule has 3 heteroatoms. The largest absolute Gasteiger partial charge is 0.361 e. The molecule has 0 spiro atoms. The second-order valence-corrected chi connectivity index (χ2v) is 5.39. The van der Waals surface area contributed by atoms with E-state index in [4.69, 9.17) is 0 Å². The highest BCUT2D eigenvalue weighted by Gasteiger charge is 2.23. The molecule has 1 aliphatic heterocycles. The summed E-state index contributed by atoms with van der Waals surface area (Å²) in [7, 11) is 0. The highest BCUT2D eigenvalue weighted by atomic mass is 16.2. The van der Waals surface area contributed by atoms with Crippen LogP contribution >= 0.6 is 0 Å². The predicted octanol–water partition coefficient (Wildman–Crippen LogP) is 3.43. The van der Waals surface area contributed by atoms with Gasteiger partial charge < -0.3 is 9.88 Å². The minimum atomic E-state index is 0.180. The third-order valence-electron chi connectivity index (χ3n) is 4.30. The lowest BCUT2D eigenvalue weighted by Crippen LogP contribution is -2.38. The normalized spacial score (nSPS) is 17.0. The molecule has 1 N–H and O–H groups in total. The molecule has 1 aromatic heterocycles. The molecular formula is C16H20N2O. The van der Waals surface area contributed by atoms with Crippen LogP contribution in [0.5, 0.6) is 0 Å². The summed E-state index contributed by atoms with van der Waals surface area (Å²) in [6.45, 7) is 4.04. The number of H-pyrrole nitrogens is 1. The molecule has 1 aromatic carbocycles. The highest BCUT2D eigenvalue weighted by molar-refractivity contribution is 6.06. The number of carbonyl (C=O) groups is 1. The van der Waals surface area contributed by atoms with Crippen LogP contribution in [-0.4, -0.2) is 28.9 Å². The minimum absolute atomic E-state index is 0.180. The van der Waals surface area contributed by atoms with Crippen molar-refractivity contribution in [3.63, 3.8) is 0 Å². The molecule has 100 valence electrons. The molecule has 0 aliphatic carbocycles. The molecule has 0 unspecified atom stereocenters. The van der Waals surface area contributed by atoms with E-state index in [1.807, 2.05) is 35.4 Å². The third kappa shape index (κ3) is 2.25. The summed E-state index contributed by atoms with van der Waals surface area (Å²) in [5.41, 5.74) is 1.86. The van der Waals surface area contributed by atoms with Gasteiger partial charge in [0.05, 0.1) is 0 Å². The van der Waals surface area contributed by atoms with E-state index >= 15 is 0 Å². The number of likely N-dealkylation sites (tertiary alicyclic amines) is 1. The number of fused-ring (bicyclic) bond motifs is 1. The number of aromatic amines is 1. The van der Waals surface area contributed by atoms with Crippen LogP contribution in [0.4, 0.5) is 0 Å². The van der Waals surface area contributed by atoms with Gasteiger partial charge in [-0.2, -0.15) is 0 Å². The zero-order chi connectivity index (χ0) is 13.2. The van der Waals surface area contributed by atoms with Gasteiger partial charge in [0.25, 0.3) is 5.91 Å². The lowest BCUT2D eigenvalue weighted by molar-refractivity contribution is 0.0691. The molecular weight excluding hydrogens is 236 g/mol. The first kappa shape index (κ1) is 12.3. The molecule has 1 amide bonds. The van der Waals surface area contributed by atoms with Crippen LogP contribution in [0.1, 0.15) is 36.5 Å². The van der Waals surface area contributed by atoms with Crippen molar-refractivity contribution in [2.45, 2.75) is 26.2 Å². The number of nitrogens with one attached hydrogen (secondary N) is 1. The Hall–Kier alpha value is -1.77. The molecule has 3 nitrogen and oxygen atoms in total. The van der Waals surface area contributed by atoms with E-state index in [0.717, 1.165) is 48.3 Å². The first-order chi connectivity index (χ1) is 9.29. The van der Waals surface area contributed by atoms with Crippen LogP contribution in [0.25, 0.3) is 10.9 Å². The average Bonchev–Trinajstić information content (AvgIpc) is 2.95. The van der Waals surface area contributed by atoms with E-state index in [1.165, 1.54) is 6.42 Å². The van der Waals surface area contributed by atoms with Crippen molar-refractivity contribution in [3.05, 3.63) is 36.0 Å². The van der Waals surface area contributed by atoms with Gasteiger partial charge in [-0.1, -0.05) is 19.4 Å². The Morgan fingerprint density at radius 2 is 2.11 bits per heavy atom. The SMILES string of the molecule is CCC1CCN(C(=O)c2cccc3[nH]ccc23)CC1. The van der Waals surface area contributed by atoms with E-state index in [0.29, 0.717) is 0 Å². The monoisotopic (exact) mass is 256 g/mol. The maximum absolute atomic E-state index is 12.6. The molecule has 0 bridgehead atoms. The molecule has 1 aliphatic rings. The fourth-order valence-electron chi connectivity index (χ4n) is 2.99. The summed E-state index contributed by atoms with van der Waals surface area (Å²) in [5, 5.41) is 1.03. The molecule has 3 rings (SSSR count). The maximum Gasteiger partial charge on any atom is 0.254 e. The fraction of sp³-hybridized carbons (Fsp3) is 0.438. The van der Waals surface area contributed by atoms with Crippen molar-refractivity contribution < 1.29 is 4.79 Å². The second kappa shape index (κ2) is 5.08. The van der Waals surface area contributed by atoms with Gasteiger partial charge in [0.15, 0.2) is 0 Å². The van der Waals surface area contributed by atoms with Crippen LogP contribution in [0.3, 0.4) is 0 Å². The summed E-state index contributed by atoms with van der Waals surface area (Å²) in [4.78, 5) is 17.8. The topological polar surface area (TPSA) is 36.1 Å². The average molecular weight is 256 g/mol. The summed E-state index contributed by atoms with van der Waals surface area (Å²) in [6, 6.07) is 7.88. The van der Waals surface area contributed by atoms with Crippen molar-refractivity contribution in [2.24, 2.45) is 5.92 Å². The summed E-state index contributed by atoms with van der Waals surface area (Å²) in [5.74, 6) is 0.979. The second-order valence-electron chi connectivity index (χ2n) is 5.39. The Morgan fingerprint density at radius 1 is 1.32 bits per heavy atom. The molecule has 1 saturated heterocycles. The van der Waals surface area contributed by atoms with Crippen LogP contribution in [-0.2, 0) is 0 Å². The van der Waals surface area contributed by atoms with Gasteiger partial charge in [-0.15, -0.1) is 0 Å². The van der Waals surface area contributed by atoms with Crippen molar-refractivity contribution >= 4 is 16.8 Å². The molecule has 1 fully saturated rings. The molecule has 2 aromatic rings. The highest BCUT2D eigenvalue weighted by Crippen LogP contribution is 2.24. The van der Waals surface area contributed by atoms with E-state index in [2.05, 4.69) is 11.9 Å². The molecule has 0 radical (unpaired) electrons. The van der Waals surface area contributed by atoms with Crippen LogP contribution < -0.4 is 0 Å². The van der Waals surface area contributed by atoms with Crippen molar-refractivity contribution in [1.29, 1.82) is 0 Å². The number of piperidine rings is 1. The fourth-order valence-corrected chi connectivity index (χ4v) is 2.99. The maximum atomic E-state index is 12.6. The number of nitrogens with zero attached hydrogens (tertiary/aromatic N) is 1. The lowest BCUT2D eigenvalue weighted by Gasteiger charge is -2.31. The van der Waals surface area contributed by atoms with E-state index in [1.54, 1.807) is 0 Å². The van der Waals surface area contributed by atoms with Crippen molar-refractivity contribution in [1.82, 2.24) is 9.88 Å². The number of carbonyl (C=O) groups excluding carboxylic acids is 1. The third-order valence-corrected chi connectivity index (χ3v) is 4.30. The minimum Gasteiger partial charge on any atom is -0.361 e. The zero-order valence-electron chi connectivity index (χ0n) is 11.4. The number of aromatic nitrogens is 1. The number of benzene rings is 1. The Balaban J connectivity index is 1.82. The first-order valence-electron chi connectivity index (χ1n) is 7.15. The van der Waals surface area contributed by atoms with Crippen LogP contribution in [0.15, 0.2) is 30.5 Å². The summed E-state index contributed by atoms with van der Waals surface area (Å²) < 4.78 is 0. The van der Waals surface area contributed by atoms with Gasteiger partial charge in [0.1, 0.15) is 0 Å². The van der Waals surface area contributed by atoms with Crippen molar-refractivity contribution in [3.8, 4) is 0 Å². The molecule has 0 saturated carbocycles.